The minimum atomic E-state index is 0.938. The lowest BCUT2D eigenvalue weighted by molar-refractivity contribution is 0.332. The van der Waals surface area contributed by atoms with E-state index >= 15 is 0 Å². The molecule has 0 spiro atoms. The molecule has 0 aliphatic heterocycles. The topological polar surface area (TPSA) is 0 Å². The van der Waals surface area contributed by atoms with Gasteiger partial charge in [-0.05, 0) is 18.3 Å². The molecule has 0 radical (unpaired) electrons. The summed E-state index contributed by atoms with van der Waals surface area (Å²) in [5.74, 6) is 1.95. The van der Waals surface area contributed by atoms with Gasteiger partial charge >= 0.3 is 0 Å². The van der Waals surface area contributed by atoms with Crippen LogP contribution >= 0.6 is 0 Å². The van der Waals surface area contributed by atoms with Crippen molar-refractivity contribution in [2.24, 2.45) is 11.8 Å². The number of unbranched alkanes of at least 4 members (excludes halogenated alkanes) is 2. The van der Waals surface area contributed by atoms with Gasteiger partial charge < -0.3 is 0 Å². The maximum atomic E-state index is 2.41. The van der Waals surface area contributed by atoms with Crippen molar-refractivity contribution in [1.82, 2.24) is 0 Å². The van der Waals surface area contributed by atoms with Gasteiger partial charge in [0.2, 0.25) is 0 Å². The van der Waals surface area contributed by atoms with E-state index in [1.807, 2.05) is 0 Å². The smallest absolute Gasteiger partial charge is 0.0412 e. The minimum Gasteiger partial charge on any atom is -0.0654 e. The van der Waals surface area contributed by atoms with E-state index in [4.69, 9.17) is 0 Å². The van der Waals surface area contributed by atoms with Gasteiger partial charge in [0.15, 0.2) is 0 Å². The fourth-order valence-corrected chi connectivity index (χ4v) is 2.21. The largest absolute Gasteiger partial charge is 0.0654 e. The number of rotatable bonds is 9. The van der Waals surface area contributed by atoms with Gasteiger partial charge in [-0.15, -0.1) is 0 Å². The highest BCUT2D eigenvalue weighted by atomic mass is 14.2. The first-order valence-corrected chi connectivity index (χ1v) is 6.74. The molecule has 0 saturated heterocycles. The van der Waals surface area contributed by atoms with Crippen LogP contribution in [0, 0.1) is 11.8 Å². The Morgan fingerprint density at radius 2 is 1.57 bits per heavy atom. The molecule has 0 rings (SSSR count). The van der Waals surface area contributed by atoms with Gasteiger partial charge in [0.05, 0.1) is 0 Å². The van der Waals surface area contributed by atoms with Gasteiger partial charge in [-0.3, -0.25) is 0 Å². The maximum absolute atomic E-state index is 2.41. The van der Waals surface area contributed by atoms with E-state index in [-0.39, 0.29) is 0 Å². The molecule has 0 aromatic carbocycles. The number of hydrogen-bond acceptors (Lipinski definition) is 0. The lowest BCUT2D eigenvalue weighted by Gasteiger charge is -2.19. The van der Waals surface area contributed by atoms with Gasteiger partial charge in [-0.2, -0.15) is 0 Å². The highest BCUT2D eigenvalue weighted by molar-refractivity contribution is 4.63. The summed E-state index contributed by atoms with van der Waals surface area (Å²) in [6, 6.07) is 0. The van der Waals surface area contributed by atoms with Crippen molar-refractivity contribution in [2.45, 2.75) is 79.1 Å². The maximum Gasteiger partial charge on any atom is -0.0412 e. The molecule has 0 fully saturated rings. The predicted molar refractivity (Wildman–Crippen MR) is 66.6 cm³/mol. The Morgan fingerprint density at radius 1 is 0.857 bits per heavy atom. The molecular weight excluding hydrogens is 168 g/mol. The standard InChI is InChI=1S/C14H30/c1-5-8-9-11-14(10-6-2)12-13(4)7-3/h13-14H,5-12H2,1-4H3. The zero-order valence-corrected chi connectivity index (χ0v) is 10.8. The molecule has 0 aliphatic rings. The van der Waals surface area contributed by atoms with Gasteiger partial charge in [0.25, 0.3) is 0 Å². The summed E-state index contributed by atoms with van der Waals surface area (Å²) in [7, 11) is 0. The molecule has 0 saturated carbocycles. The SMILES string of the molecule is CCCCCC(CCC)CC(C)CC. The van der Waals surface area contributed by atoms with E-state index in [1.54, 1.807) is 0 Å². The van der Waals surface area contributed by atoms with Crippen molar-refractivity contribution in [3.63, 3.8) is 0 Å². The molecule has 86 valence electrons. The molecule has 2 atom stereocenters. The normalized spacial score (nSPS) is 15.4. The monoisotopic (exact) mass is 198 g/mol. The summed E-state index contributed by atoms with van der Waals surface area (Å²) in [6.45, 7) is 9.34. The van der Waals surface area contributed by atoms with Crippen LogP contribution in [0.15, 0.2) is 0 Å². The molecular formula is C14H30. The molecule has 0 heterocycles. The first-order chi connectivity index (χ1) is 6.74. The Bertz CT molecular complexity index is 107. The Balaban J connectivity index is 3.65. The van der Waals surface area contributed by atoms with Crippen molar-refractivity contribution < 1.29 is 0 Å². The van der Waals surface area contributed by atoms with Gasteiger partial charge in [-0.1, -0.05) is 72.6 Å². The minimum absolute atomic E-state index is 0.938. The summed E-state index contributed by atoms with van der Waals surface area (Å²) >= 11 is 0. The summed E-state index contributed by atoms with van der Waals surface area (Å²) < 4.78 is 0. The second-order valence-electron chi connectivity index (χ2n) is 4.90. The van der Waals surface area contributed by atoms with Crippen LogP contribution in [0.5, 0.6) is 0 Å². The number of hydrogen-bond donors (Lipinski definition) is 0. The molecule has 14 heavy (non-hydrogen) atoms. The van der Waals surface area contributed by atoms with Gasteiger partial charge in [0, 0.05) is 0 Å². The second kappa shape index (κ2) is 9.55. The molecule has 0 aliphatic carbocycles. The van der Waals surface area contributed by atoms with Crippen LogP contribution in [0.3, 0.4) is 0 Å². The van der Waals surface area contributed by atoms with Crippen LogP contribution in [0.1, 0.15) is 79.1 Å². The average molecular weight is 198 g/mol. The molecule has 0 N–H and O–H groups in total. The third kappa shape index (κ3) is 7.41. The molecule has 0 amide bonds. The first kappa shape index (κ1) is 14.0. The lowest BCUT2D eigenvalue weighted by Crippen LogP contribution is -2.06. The zero-order valence-electron chi connectivity index (χ0n) is 10.8. The van der Waals surface area contributed by atoms with E-state index < -0.39 is 0 Å². The van der Waals surface area contributed by atoms with Crippen molar-refractivity contribution in [1.29, 1.82) is 0 Å². The summed E-state index contributed by atoms with van der Waals surface area (Å²) in [5.41, 5.74) is 0. The van der Waals surface area contributed by atoms with Crippen molar-refractivity contribution in [3.05, 3.63) is 0 Å². The summed E-state index contributed by atoms with van der Waals surface area (Å²) in [5, 5.41) is 0. The van der Waals surface area contributed by atoms with E-state index in [0.29, 0.717) is 0 Å². The third-order valence-corrected chi connectivity index (χ3v) is 3.35. The van der Waals surface area contributed by atoms with Crippen molar-refractivity contribution in [2.75, 3.05) is 0 Å². The van der Waals surface area contributed by atoms with E-state index in [0.717, 1.165) is 11.8 Å². The average Bonchev–Trinajstić information content (AvgIpc) is 2.18. The van der Waals surface area contributed by atoms with E-state index in [2.05, 4.69) is 27.7 Å². The Morgan fingerprint density at radius 3 is 2.07 bits per heavy atom. The predicted octanol–water partition coefficient (Wildman–Crippen LogP) is 5.42. The highest BCUT2D eigenvalue weighted by Gasteiger charge is 2.10. The molecule has 2 unspecified atom stereocenters. The van der Waals surface area contributed by atoms with Crippen LogP contribution < -0.4 is 0 Å². The Kier molecular flexibility index (Phi) is 9.55. The van der Waals surface area contributed by atoms with Crippen LogP contribution in [-0.2, 0) is 0 Å². The molecule has 0 aromatic rings. The fraction of sp³-hybridized carbons (Fsp3) is 1.00. The van der Waals surface area contributed by atoms with Crippen LogP contribution in [0.4, 0.5) is 0 Å². The van der Waals surface area contributed by atoms with Crippen molar-refractivity contribution in [3.8, 4) is 0 Å². The molecule has 0 aromatic heterocycles. The second-order valence-corrected chi connectivity index (χ2v) is 4.90. The van der Waals surface area contributed by atoms with Gasteiger partial charge in [0.1, 0.15) is 0 Å². The quantitative estimate of drug-likeness (QED) is 0.434. The molecule has 0 heteroatoms. The molecule has 0 bridgehead atoms. The van der Waals surface area contributed by atoms with Crippen LogP contribution in [0.2, 0.25) is 0 Å². The first-order valence-electron chi connectivity index (χ1n) is 6.74. The Labute approximate surface area is 91.5 Å². The summed E-state index contributed by atoms with van der Waals surface area (Å²) in [6.07, 6.45) is 11.4. The van der Waals surface area contributed by atoms with E-state index in [1.165, 1.54) is 51.4 Å². The Hall–Kier alpha value is 0. The van der Waals surface area contributed by atoms with E-state index in [9.17, 15) is 0 Å². The van der Waals surface area contributed by atoms with Crippen molar-refractivity contribution >= 4 is 0 Å². The fourth-order valence-electron chi connectivity index (χ4n) is 2.21. The molecule has 0 nitrogen and oxygen atoms in total. The van der Waals surface area contributed by atoms with Gasteiger partial charge in [-0.25, -0.2) is 0 Å². The van der Waals surface area contributed by atoms with Crippen LogP contribution in [0.25, 0.3) is 0 Å². The third-order valence-electron chi connectivity index (χ3n) is 3.35. The lowest BCUT2D eigenvalue weighted by atomic mass is 9.87. The summed E-state index contributed by atoms with van der Waals surface area (Å²) in [4.78, 5) is 0. The van der Waals surface area contributed by atoms with Crippen LogP contribution in [-0.4, -0.2) is 0 Å². The highest BCUT2D eigenvalue weighted by Crippen LogP contribution is 2.24. The zero-order chi connectivity index (χ0) is 10.8.